The van der Waals surface area contributed by atoms with Crippen LogP contribution in [-0.2, 0) is 9.53 Å². The van der Waals surface area contributed by atoms with Gasteiger partial charge in [-0.3, -0.25) is 0 Å². The van der Waals surface area contributed by atoms with Crippen LogP contribution in [0.1, 0.15) is 65.2 Å². The Morgan fingerprint density at radius 1 is 1.17 bits per heavy atom. The minimum Gasteiger partial charge on any atom is -0.462 e. The molecular formula is C15H28O3. The fraction of sp³-hybridized carbons (Fsp3) is 0.800. The number of hydrogen-bond acceptors (Lipinski definition) is 3. The zero-order valence-electron chi connectivity index (χ0n) is 11.9. The molecule has 0 amide bonds. The molecule has 0 aliphatic carbocycles. The summed E-state index contributed by atoms with van der Waals surface area (Å²) in [7, 11) is 0. The molecule has 1 N–H and O–H groups in total. The first-order valence-corrected chi connectivity index (χ1v) is 7.08. The molecule has 0 aromatic heterocycles. The van der Waals surface area contributed by atoms with Gasteiger partial charge in [-0.25, -0.2) is 4.79 Å². The largest absolute Gasteiger partial charge is 0.462 e. The van der Waals surface area contributed by atoms with Crippen LogP contribution in [0.5, 0.6) is 0 Å². The summed E-state index contributed by atoms with van der Waals surface area (Å²) in [6.07, 6.45) is 8.02. The van der Waals surface area contributed by atoms with Gasteiger partial charge in [-0.05, 0) is 26.2 Å². The molecule has 1 unspecified atom stereocenters. The molecule has 1 atom stereocenters. The van der Waals surface area contributed by atoms with E-state index >= 15 is 0 Å². The van der Waals surface area contributed by atoms with Gasteiger partial charge in [-0.1, -0.05) is 45.6 Å². The summed E-state index contributed by atoms with van der Waals surface area (Å²) in [4.78, 5) is 11.1. The van der Waals surface area contributed by atoms with Gasteiger partial charge < -0.3 is 9.84 Å². The maximum Gasteiger partial charge on any atom is 0.333 e. The third kappa shape index (κ3) is 10.3. The predicted molar refractivity (Wildman–Crippen MR) is 74.4 cm³/mol. The zero-order chi connectivity index (χ0) is 13.8. The summed E-state index contributed by atoms with van der Waals surface area (Å²) < 4.78 is 5.00. The number of unbranched alkanes of at least 4 members (excludes halogenated alkanes) is 4. The molecule has 0 aliphatic heterocycles. The van der Waals surface area contributed by atoms with Crippen molar-refractivity contribution in [2.24, 2.45) is 0 Å². The molecule has 0 aromatic carbocycles. The minimum absolute atomic E-state index is 0.133. The lowest BCUT2D eigenvalue weighted by Crippen LogP contribution is -2.07. The average Bonchev–Trinajstić information content (AvgIpc) is 2.34. The minimum atomic E-state index is -0.301. The fourth-order valence-corrected chi connectivity index (χ4v) is 1.71. The monoisotopic (exact) mass is 256 g/mol. The number of aliphatic hydroxyl groups is 1. The highest BCUT2D eigenvalue weighted by molar-refractivity contribution is 5.86. The first-order chi connectivity index (χ1) is 8.57. The van der Waals surface area contributed by atoms with Gasteiger partial charge in [0.05, 0.1) is 12.7 Å². The molecule has 0 saturated carbocycles. The molecule has 0 aromatic rings. The Balaban J connectivity index is 3.25. The molecule has 106 valence electrons. The second-order valence-electron chi connectivity index (χ2n) is 4.92. The van der Waals surface area contributed by atoms with E-state index in [2.05, 4.69) is 13.5 Å². The Morgan fingerprint density at radius 3 is 2.39 bits per heavy atom. The highest BCUT2D eigenvalue weighted by Gasteiger charge is 2.04. The van der Waals surface area contributed by atoms with E-state index < -0.39 is 0 Å². The Morgan fingerprint density at radius 2 is 1.78 bits per heavy atom. The Labute approximate surface area is 111 Å². The van der Waals surface area contributed by atoms with E-state index in [9.17, 15) is 9.90 Å². The van der Waals surface area contributed by atoms with Gasteiger partial charge in [0.1, 0.15) is 0 Å². The first-order valence-electron chi connectivity index (χ1n) is 7.08. The van der Waals surface area contributed by atoms with Crippen molar-refractivity contribution in [3.63, 3.8) is 0 Å². The number of esters is 1. The summed E-state index contributed by atoms with van der Waals surface area (Å²) in [6.45, 7) is 7.79. The Kier molecular flexibility index (Phi) is 10.8. The first kappa shape index (κ1) is 17.2. The van der Waals surface area contributed by atoms with E-state index in [1.807, 2.05) is 0 Å². The number of rotatable bonds is 11. The van der Waals surface area contributed by atoms with E-state index in [1.54, 1.807) is 6.92 Å². The van der Waals surface area contributed by atoms with Crippen molar-refractivity contribution in [1.29, 1.82) is 0 Å². The van der Waals surface area contributed by atoms with Crippen LogP contribution < -0.4 is 0 Å². The van der Waals surface area contributed by atoms with Gasteiger partial charge in [-0.15, -0.1) is 0 Å². The van der Waals surface area contributed by atoms with Crippen LogP contribution in [0.25, 0.3) is 0 Å². The maximum atomic E-state index is 11.1. The smallest absolute Gasteiger partial charge is 0.333 e. The van der Waals surface area contributed by atoms with E-state index in [4.69, 9.17) is 4.74 Å². The SMILES string of the molecule is C=C(C)C(=O)OCCCCCCC(O)CCCC. The molecule has 0 spiro atoms. The van der Waals surface area contributed by atoms with Crippen LogP contribution in [0.4, 0.5) is 0 Å². The van der Waals surface area contributed by atoms with Crippen molar-refractivity contribution in [3.05, 3.63) is 12.2 Å². The third-order valence-corrected chi connectivity index (χ3v) is 2.90. The summed E-state index contributed by atoms with van der Waals surface area (Å²) in [5, 5.41) is 9.64. The lowest BCUT2D eigenvalue weighted by atomic mass is 10.0. The second-order valence-corrected chi connectivity index (χ2v) is 4.92. The maximum absolute atomic E-state index is 11.1. The Hall–Kier alpha value is -0.830. The van der Waals surface area contributed by atoms with Crippen LogP contribution >= 0.6 is 0 Å². The molecule has 3 heteroatoms. The van der Waals surface area contributed by atoms with Gasteiger partial charge in [0, 0.05) is 5.57 Å². The molecule has 0 bridgehead atoms. The van der Waals surface area contributed by atoms with E-state index in [0.717, 1.165) is 51.4 Å². The van der Waals surface area contributed by atoms with Gasteiger partial charge in [-0.2, -0.15) is 0 Å². The molecule has 18 heavy (non-hydrogen) atoms. The normalized spacial score (nSPS) is 12.2. The van der Waals surface area contributed by atoms with E-state index in [0.29, 0.717) is 12.2 Å². The second kappa shape index (κ2) is 11.3. The standard InChI is InChI=1S/C15H28O3/c1-4-5-10-14(16)11-8-6-7-9-12-18-15(17)13(2)3/h14,16H,2,4-12H2,1,3H3. The van der Waals surface area contributed by atoms with Crippen LogP contribution in [0.3, 0.4) is 0 Å². The van der Waals surface area contributed by atoms with Crippen molar-refractivity contribution >= 4 is 5.97 Å². The van der Waals surface area contributed by atoms with Crippen LogP contribution in [0.15, 0.2) is 12.2 Å². The average molecular weight is 256 g/mol. The topological polar surface area (TPSA) is 46.5 Å². The molecule has 0 radical (unpaired) electrons. The molecule has 0 fully saturated rings. The molecular weight excluding hydrogens is 228 g/mol. The molecule has 0 aliphatic rings. The molecule has 3 nitrogen and oxygen atoms in total. The summed E-state index contributed by atoms with van der Waals surface area (Å²) in [6, 6.07) is 0. The lowest BCUT2D eigenvalue weighted by Gasteiger charge is -2.09. The van der Waals surface area contributed by atoms with E-state index in [1.165, 1.54) is 0 Å². The van der Waals surface area contributed by atoms with Crippen molar-refractivity contribution in [2.75, 3.05) is 6.61 Å². The van der Waals surface area contributed by atoms with Gasteiger partial charge >= 0.3 is 5.97 Å². The van der Waals surface area contributed by atoms with Crippen LogP contribution in [-0.4, -0.2) is 23.8 Å². The third-order valence-electron chi connectivity index (χ3n) is 2.90. The van der Waals surface area contributed by atoms with Crippen molar-refractivity contribution in [2.45, 2.75) is 71.3 Å². The summed E-state index contributed by atoms with van der Waals surface area (Å²) in [5.41, 5.74) is 0.453. The fourth-order valence-electron chi connectivity index (χ4n) is 1.71. The lowest BCUT2D eigenvalue weighted by molar-refractivity contribution is -0.139. The van der Waals surface area contributed by atoms with Crippen LogP contribution in [0, 0.1) is 0 Å². The molecule has 0 rings (SSSR count). The van der Waals surface area contributed by atoms with Crippen molar-refractivity contribution in [1.82, 2.24) is 0 Å². The van der Waals surface area contributed by atoms with Crippen molar-refractivity contribution < 1.29 is 14.6 Å². The highest BCUT2D eigenvalue weighted by Crippen LogP contribution is 2.10. The van der Waals surface area contributed by atoms with Crippen LogP contribution in [0.2, 0.25) is 0 Å². The number of carbonyl (C=O) groups is 1. The quantitative estimate of drug-likeness (QED) is 0.349. The van der Waals surface area contributed by atoms with E-state index in [-0.39, 0.29) is 12.1 Å². The summed E-state index contributed by atoms with van der Waals surface area (Å²) >= 11 is 0. The zero-order valence-corrected chi connectivity index (χ0v) is 11.9. The molecule has 0 saturated heterocycles. The van der Waals surface area contributed by atoms with Crippen molar-refractivity contribution in [3.8, 4) is 0 Å². The predicted octanol–water partition coefficient (Wildman–Crippen LogP) is 3.61. The number of ether oxygens (including phenoxy) is 1. The van der Waals surface area contributed by atoms with Gasteiger partial charge in [0.2, 0.25) is 0 Å². The number of hydrogen-bond donors (Lipinski definition) is 1. The number of carbonyl (C=O) groups excluding carboxylic acids is 1. The number of aliphatic hydroxyl groups excluding tert-OH is 1. The Bertz CT molecular complexity index is 236. The molecule has 0 heterocycles. The van der Waals surface area contributed by atoms with Gasteiger partial charge in [0.15, 0.2) is 0 Å². The summed E-state index contributed by atoms with van der Waals surface area (Å²) in [5.74, 6) is -0.301. The van der Waals surface area contributed by atoms with Gasteiger partial charge in [0.25, 0.3) is 0 Å². The highest BCUT2D eigenvalue weighted by atomic mass is 16.5.